The number of pyridine rings is 1. The summed E-state index contributed by atoms with van der Waals surface area (Å²) in [6.45, 7) is 5.19. The van der Waals surface area contributed by atoms with Crippen LogP contribution in [0.5, 0.6) is 0 Å². The van der Waals surface area contributed by atoms with Crippen LogP contribution in [0.1, 0.15) is 17.4 Å². The highest BCUT2D eigenvalue weighted by atomic mass is 16.5. The number of carbonyl (C=O) groups is 1. The Balaban J connectivity index is 1.92. The van der Waals surface area contributed by atoms with Gasteiger partial charge in [0.05, 0.1) is 12.6 Å². The van der Waals surface area contributed by atoms with E-state index in [0.717, 1.165) is 30.5 Å². The number of nitrogens with one attached hydrogen (secondary N) is 1. The lowest BCUT2D eigenvalue weighted by Gasteiger charge is -2.33. The highest BCUT2D eigenvalue weighted by molar-refractivity contribution is 5.91. The number of piperazine rings is 1. The maximum atomic E-state index is 11.5. The number of benzene rings is 1. The number of nitrogens with zero attached hydrogens (tertiary/aromatic N) is 2. The van der Waals surface area contributed by atoms with Crippen molar-refractivity contribution in [1.82, 2.24) is 10.3 Å². The van der Waals surface area contributed by atoms with E-state index < -0.39 is 5.97 Å². The Morgan fingerprint density at radius 3 is 3.00 bits per heavy atom. The maximum Gasteiger partial charge on any atom is 0.356 e. The molecule has 1 atom stereocenters. The summed E-state index contributed by atoms with van der Waals surface area (Å²) in [5.74, 6) is -0.406. The number of fused-ring (bicyclic) bond motifs is 1. The lowest BCUT2D eigenvalue weighted by molar-refractivity contribution is 0.0594. The second-order valence-corrected chi connectivity index (χ2v) is 5.37. The van der Waals surface area contributed by atoms with E-state index >= 15 is 0 Å². The summed E-state index contributed by atoms with van der Waals surface area (Å²) in [7, 11) is 1.36. The predicted molar refractivity (Wildman–Crippen MR) is 82.8 cm³/mol. The van der Waals surface area contributed by atoms with E-state index in [-0.39, 0.29) is 0 Å². The summed E-state index contributed by atoms with van der Waals surface area (Å²) < 4.78 is 4.70. The molecule has 1 aliphatic heterocycles. The normalized spacial score (nSPS) is 18.8. The summed E-state index contributed by atoms with van der Waals surface area (Å²) in [4.78, 5) is 18.2. The van der Waals surface area contributed by atoms with Crippen molar-refractivity contribution >= 4 is 22.6 Å². The molecule has 0 saturated carbocycles. The minimum absolute atomic E-state index is 0.341. The Labute approximate surface area is 123 Å². The lowest BCUT2D eigenvalue weighted by Crippen LogP contribution is -2.49. The van der Waals surface area contributed by atoms with Gasteiger partial charge in [0, 0.05) is 36.7 Å². The average molecular weight is 285 g/mol. The molecule has 1 aliphatic rings. The van der Waals surface area contributed by atoms with Crippen molar-refractivity contribution < 1.29 is 9.53 Å². The molecule has 0 aliphatic carbocycles. The zero-order valence-electron chi connectivity index (χ0n) is 12.3. The first kappa shape index (κ1) is 13.8. The molecule has 1 N–H and O–H groups in total. The van der Waals surface area contributed by atoms with Crippen LogP contribution >= 0.6 is 0 Å². The molecule has 5 nitrogen and oxygen atoms in total. The number of ether oxygens (including phenoxy) is 1. The summed E-state index contributed by atoms with van der Waals surface area (Å²) in [5, 5.41) is 4.47. The Bertz CT molecular complexity index is 672. The van der Waals surface area contributed by atoms with Crippen LogP contribution in [0.2, 0.25) is 0 Å². The first-order valence-corrected chi connectivity index (χ1v) is 7.15. The molecule has 0 spiro atoms. The third-order valence-corrected chi connectivity index (χ3v) is 3.80. The van der Waals surface area contributed by atoms with Gasteiger partial charge in [0.1, 0.15) is 5.69 Å². The number of rotatable bonds is 2. The van der Waals surface area contributed by atoms with Crippen molar-refractivity contribution in [2.45, 2.75) is 13.0 Å². The van der Waals surface area contributed by atoms with E-state index in [1.807, 2.05) is 12.1 Å². The smallest absolute Gasteiger partial charge is 0.356 e. The summed E-state index contributed by atoms with van der Waals surface area (Å²) in [6.07, 6.45) is 0. The van der Waals surface area contributed by atoms with Crippen LogP contribution in [0.4, 0.5) is 5.69 Å². The van der Waals surface area contributed by atoms with E-state index in [9.17, 15) is 4.79 Å². The summed E-state index contributed by atoms with van der Waals surface area (Å²) in [5.41, 5.74) is 2.35. The molecule has 2 aromatic rings. The maximum absolute atomic E-state index is 11.5. The van der Waals surface area contributed by atoms with E-state index in [0.29, 0.717) is 11.7 Å². The van der Waals surface area contributed by atoms with Crippen LogP contribution in [-0.4, -0.2) is 43.7 Å². The van der Waals surface area contributed by atoms with Gasteiger partial charge in [-0.25, -0.2) is 9.78 Å². The van der Waals surface area contributed by atoms with E-state index in [1.54, 1.807) is 6.07 Å². The highest BCUT2D eigenvalue weighted by Gasteiger charge is 2.16. The number of aromatic nitrogens is 1. The quantitative estimate of drug-likeness (QED) is 0.853. The van der Waals surface area contributed by atoms with Crippen molar-refractivity contribution in [2.24, 2.45) is 0 Å². The minimum atomic E-state index is -0.406. The third kappa shape index (κ3) is 2.83. The Hall–Kier alpha value is -2.14. The van der Waals surface area contributed by atoms with Gasteiger partial charge in [-0.15, -0.1) is 0 Å². The molecular weight excluding hydrogens is 266 g/mol. The third-order valence-electron chi connectivity index (χ3n) is 3.80. The number of hydrogen-bond acceptors (Lipinski definition) is 5. The second kappa shape index (κ2) is 5.69. The fourth-order valence-corrected chi connectivity index (χ4v) is 2.69. The molecule has 1 unspecified atom stereocenters. The zero-order chi connectivity index (χ0) is 14.8. The Kier molecular flexibility index (Phi) is 3.75. The second-order valence-electron chi connectivity index (χ2n) is 5.37. The van der Waals surface area contributed by atoms with Gasteiger partial charge in [-0.2, -0.15) is 0 Å². The van der Waals surface area contributed by atoms with Crippen molar-refractivity contribution in [3.05, 3.63) is 36.0 Å². The van der Waals surface area contributed by atoms with Crippen molar-refractivity contribution in [1.29, 1.82) is 0 Å². The number of esters is 1. The van der Waals surface area contributed by atoms with Gasteiger partial charge in [0.2, 0.25) is 0 Å². The van der Waals surface area contributed by atoms with Crippen molar-refractivity contribution in [2.75, 3.05) is 31.6 Å². The Morgan fingerprint density at radius 2 is 2.24 bits per heavy atom. The number of methoxy groups -OCH3 is 1. The monoisotopic (exact) mass is 285 g/mol. The summed E-state index contributed by atoms with van der Waals surface area (Å²) >= 11 is 0. The van der Waals surface area contributed by atoms with Gasteiger partial charge in [0.25, 0.3) is 0 Å². The molecule has 2 heterocycles. The molecule has 21 heavy (non-hydrogen) atoms. The number of carbonyl (C=O) groups excluding carboxylic acids is 1. The van der Waals surface area contributed by atoms with Gasteiger partial charge in [-0.05, 0) is 31.2 Å². The van der Waals surface area contributed by atoms with Gasteiger partial charge in [-0.1, -0.05) is 6.07 Å². The Morgan fingerprint density at radius 1 is 1.38 bits per heavy atom. The summed E-state index contributed by atoms with van der Waals surface area (Å²) in [6, 6.07) is 10.3. The molecule has 0 amide bonds. The molecule has 0 bridgehead atoms. The van der Waals surface area contributed by atoms with Gasteiger partial charge < -0.3 is 15.0 Å². The van der Waals surface area contributed by atoms with Crippen LogP contribution in [-0.2, 0) is 4.74 Å². The van der Waals surface area contributed by atoms with Gasteiger partial charge in [-0.3, -0.25) is 0 Å². The highest BCUT2D eigenvalue weighted by Crippen LogP contribution is 2.22. The predicted octanol–water partition coefficient (Wildman–Crippen LogP) is 1.82. The fourth-order valence-electron chi connectivity index (χ4n) is 2.69. The average Bonchev–Trinajstić information content (AvgIpc) is 2.53. The largest absolute Gasteiger partial charge is 0.464 e. The fraction of sp³-hybridized carbons (Fsp3) is 0.375. The molecule has 0 radical (unpaired) electrons. The zero-order valence-corrected chi connectivity index (χ0v) is 12.3. The molecular formula is C16H19N3O2. The van der Waals surface area contributed by atoms with Gasteiger partial charge in [0.15, 0.2) is 0 Å². The van der Waals surface area contributed by atoms with Crippen LogP contribution < -0.4 is 10.2 Å². The molecule has 1 fully saturated rings. The molecule has 110 valence electrons. The van der Waals surface area contributed by atoms with Gasteiger partial charge >= 0.3 is 5.97 Å². The minimum Gasteiger partial charge on any atom is -0.464 e. The van der Waals surface area contributed by atoms with Crippen LogP contribution in [0.3, 0.4) is 0 Å². The molecule has 1 aromatic carbocycles. The number of anilines is 1. The molecule has 1 saturated heterocycles. The van der Waals surface area contributed by atoms with Crippen LogP contribution in [0.15, 0.2) is 30.3 Å². The van der Waals surface area contributed by atoms with Crippen molar-refractivity contribution in [3.8, 4) is 0 Å². The van der Waals surface area contributed by atoms with Crippen LogP contribution in [0, 0.1) is 0 Å². The SMILES string of the molecule is COC(=O)c1ccc2cc(N3CCNC(C)C3)ccc2n1. The molecule has 3 rings (SSSR count). The van der Waals surface area contributed by atoms with E-state index in [1.165, 1.54) is 12.8 Å². The van der Waals surface area contributed by atoms with E-state index in [2.05, 4.69) is 34.3 Å². The van der Waals surface area contributed by atoms with E-state index in [4.69, 9.17) is 4.74 Å². The molecule has 1 aromatic heterocycles. The standard InChI is InChI=1S/C16H19N3O2/c1-11-10-19(8-7-17-11)13-4-6-14-12(9-13)3-5-15(18-14)16(20)21-2/h3-6,9,11,17H,7-8,10H2,1-2H3. The first-order chi connectivity index (χ1) is 10.2. The first-order valence-electron chi connectivity index (χ1n) is 7.15. The lowest BCUT2D eigenvalue weighted by atomic mass is 10.1. The van der Waals surface area contributed by atoms with Crippen LogP contribution in [0.25, 0.3) is 10.9 Å². The van der Waals surface area contributed by atoms with Crippen molar-refractivity contribution in [3.63, 3.8) is 0 Å². The topological polar surface area (TPSA) is 54.5 Å². The number of hydrogen-bond donors (Lipinski definition) is 1. The molecule has 5 heteroatoms.